The summed E-state index contributed by atoms with van der Waals surface area (Å²) in [7, 11) is 3.25. The van der Waals surface area contributed by atoms with Crippen molar-refractivity contribution < 1.29 is 9.47 Å². The van der Waals surface area contributed by atoms with Crippen LogP contribution in [0.3, 0.4) is 0 Å². The first-order chi connectivity index (χ1) is 12.7. The molecule has 0 saturated heterocycles. The van der Waals surface area contributed by atoms with E-state index in [0.717, 1.165) is 26.5 Å². The van der Waals surface area contributed by atoms with E-state index in [2.05, 4.69) is 26.1 Å². The number of methoxy groups -OCH3 is 2. The monoisotopic (exact) mass is 430 g/mol. The maximum Gasteiger partial charge on any atom is 0.212 e. The number of aromatic nitrogens is 3. The van der Waals surface area contributed by atoms with E-state index < -0.39 is 0 Å². The number of ether oxygens (including phenoxy) is 2. The second kappa shape index (κ2) is 7.13. The van der Waals surface area contributed by atoms with Crippen molar-refractivity contribution in [2.45, 2.75) is 5.16 Å². The van der Waals surface area contributed by atoms with Gasteiger partial charge in [-0.25, -0.2) is 0 Å². The molecule has 0 unspecified atom stereocenters. The third-order valence-electron chi connectivity index (χ3n) is 4.00. The molecule has 1 aliphatic heterocycles. The first kappa shape index (κ1) is 17.1. The Morgan fingerprint density at radius 3 is 2.62 bits per heavy atom. The Morgan fingerprint density at radius 1 is 1.04 bits per heavy atom. The van der Waals surface area contributed by atoms with Crippen LogP contribution in [0.25, 0.3) is 11.4 Å². The van der Waals surface area contributed by atoms with Crippen LogP contribution in [0.5, 0.6) is 11.5 Å². The summed E-state index contributed by atoms with van der Waals surface area (Å²) in [6.07, 6.45) is 0. The molecule has 4 rings (SSSR count). The number of halogens is 1. The highest BCUT2D eigenvalue weighted by Crippen LogP contribution is 2.33. The molecule has 8 heteroatoms. The first-order valence-electron chi connectivity index (χ1n) is 7.84. The molecule has 2 heterocycles. The van der Waals surface area contributed by atoms with Gasteiger partial charge in [-0.15, -0.1) is 10.2 Å². The molecule has 3 aromatic rings. The Hall–Kier alpha value is -2.32. The first-order valence-corrected chi connectivity index (χ1v) is 9.62. The Kier molecular flexibility index (Phi) is 4.69. The van der Waals surface area contributed by atoms with Crippen molar-refractivity contribution in [2.75, 3.05) is 20.0 Å². The predicted octanol–water partition coefficient (Wildman–Crippen LogP) is 4.08. The average molecular weight is 431 g/mol. The van der Waals surface area contributed by atoms with Gasteiger partial charge < -0.3 is 9.47 Å². The summed E-state index contributed by atoms with van der Waals surface area (Å²) in [5, 5.41) is 14.2. The second-order valence-corrected chi connectivity index (χ2v) is 7.30. The summed E-state index contributed by atoms with van der Waals surface area (Å²) in [4.78, 5) is 0. The number of fused-ring (bicyclic) bond motifs is 1. The molecule has 0 N–H and O–H groups in total. The largest absolute Gasteiger partial charge is 0.493 e. The van der Waals surface area contributed by atoms with E-state index in [1.165, 1.54) is 0 Å². The second-order valence-electron chi connectivity index (χ2n) is 5.50. The van der Waals surface area contributed by atoms with Crippen LogP contribution in [-0.2, 0) is 0 Å². The fourth-order valence-electron chi connectivity index (χ4n) is 2.70. The third kappa shape index (κ3) is 2.99. The van der Waals surface area contributed by atoms with E-state index in [0.29, 0.717) is 23.1 Å². The van der Waals surface area contributed by atoms with Gasteiger partial charge >= 0.3 is 0 Å². The zero-order valence-corrected chi connectivity index (χ0v) is 16.5. The number of thioether (sulfide) groups is 1. The fourth-order valence-corrected chi connectivity index (χ4v) is 4.00. The Morgan fingerprint density at radius 2 is 1.85 bits per heavy atom. The quantitative estimate of drug-likeness (QED) is 0.623. The Bertz CT molecular complexity index is 1000. The third-order valence-corrected chi connectivity index (χ3v) is 5.62. The van der Waals surface area contributed by atoms with Gasteiger partial charge in [-0.3, -0.25) is 0 Å². The van der Waals surface area contributed by atoms with Crippen molar-refractivity contribution in [3.8, 4) is 22.9 Å². The summed E-state index contributed by atoms with van der Waals surface area (Å²) in [5.74, 6) is 2.79. The Labute approximate surface area is 163 Å². The fraction of sp³-hybridized carbons (Fsp3) is 0.167. The zero-order chi connectivity index (χ0) is 18.1. The number of nitrogens with zero attached hydrogens (tertiary/aromatic N) is 4. The molecule has 0 fully saturated rings. The molecule has 0 aliphatic carbocycles. The molecule has 0 radical (unpaired) electrons. The summed E-state index contributed by atoms with van der Waals surface area (Å²) >= 11 is 5.18. The van der Waals surface area contributed by atoms with Crippen LogP contribution in [0.4, 0.5) is 0 Å². The summed E-state index contributed by atoms with van der Waals surface area (Å²) in [5.41, 5.74) is 2.85. The van der Waals surface area contributed by atoms with Crippen LogP contribution in [0, 0.1) is 0 Å². The molecular weight excluding hydrogens is 416 g/mol. The van der Waals surface area contributed by atoms with Crippen LogP contribution in [0.1, 0.15) is 5.56 Å². The molecule has 1 aromatic heterocycles. The Balaban J connectivity index is 1.79. The van der Waals surface area contributed by atoms with Gasteiger partial charge in [0, 0.05) is 21.4 Å². The van der Waals surface area contributed by atoms with Gasteiger partial charge in [-0.1, -0.05) is 39.8 Å². The van der Waals surface area contributed by atoms with Crippen LogP contribution in [0.15, 0.2) is 57.2 Å². The van der Waals surface area contributed by atoms with Crippen molar-refractivity contribution in [3.05, 3.63) is 52.5 Å². The molecule has 0 atom stereocenters. The number of rotatable bonds is 4. The lowest BCUT2D eigenvalue weighted by atomic mass is 10.1. The molecule has 26 heavy (non-hydrogen) atoms. The summed E-state index contributed by atoms with van der Waals surface area (Å²) in [6.45, 7) is 0. The molecule has 0 saturated carbocycles. The standard InChI is InChI=1S/C18H15BrN4O2S/c1-24-15-8-7-11(9-16(15)25-2)14-10-26-18-21-20-17(23(18)22-14)12-5-3-4-6-13(12)19/h3-9H,10H2,1-2H3. The lowest BCUT2D eigenvalue weighted by Crippen LogP contribution is -2.14. The highest BCUT2D eigenvalue weighted by molar-refractivity contribution is 9.10. The molecule has 1 aliphatic rings. The molecule has 0 bridgehead atoms. The number of hydrogen-bond acceptors (Lipinski definition) is 6. The van der Waals surface area contributed by atoms with Crippen LogP contribution in [-0.4, -0.2) is 40.6 Å². The molecular formula is C18H15BrN4O2S. The number of hydrogen-bond donors (Lipinski definition) is 0. The minimum Gasteiger partial charge on any atom is -0.493 e. The van der Waals surface area contributed by atoms with Crippen LogP contribution in [0.2, 0.25) is 0 Å². The van der Waals surface area contributed by atoms with Crippen molar-refractivity contribution in [1.82, 2.24) is 14.9 Å². The predicted molar refractivity (Wildman–Crippen MR) is 105 cm³/mol. The maximum absolute atomic E-state index is 5.41. The molecule has 132 valence electrons. The van der Waals surface area contributed by atoms with Crippen molar-refractivity contribution in [2.24, 2.45) is 5.10 Å². The van der Waals surface area contributed by atoms with E-state index >= 15 is 0 Å². The minimum absolute atomic E-state index is 0.679. The van der Waals surface area contributed by atoms with Crippen LogP contribution < -0.4 is 9.47 Å². The zero-order valence-electron chi connectivity index (χ0n) is 14.1. The lowest BCUT2D eigenvalue weighted by Gasteiger charge is -2.15. The van der Waals surface area contributed by atoms with Crippen molar-refractivity contribution >= 4 is 33.4 Å². The van der Waals surface area contributed by atoms with Gasteiger partial charge in [0.25, 0.3) is 0 Å². The van der Waals surface area contributed by atoms with Crippen LogP contribution >= 0.6 is 27.7 Å². The summed E-state index contributed by atoms with van der Waals surface area (Å²) < 4.78 is 13.5. The highest BCUT2D eigenvalue weighted by Gasteiger charge is 2.22. The van der Waals surface area contributed by atoms with E-state index in [4.69, 9.17) is 14.6 Å². The number of benzene rings is 2. The van der Waals surface area contributed by atoms with E-state index in [-0.39, 0.29) is 0 Å². The van der Waals surface area contributed by atoms with Gasteiger partial charge in [0.2, 0.25) is 5.16 Å². The van der Waals surface area contributed by atoms with Gasteiger partial charge in [-0.05, 0) is 30.3 Å². The van der Waals surface area contributed by atoms with Crippen molar-refractivity contribution in [1.29, 1.82) is 0 Å². The molecule has 2 aromatic carbocycles. The molecule has 0 amide bonds. The normalized spacial score (nSPS) is 13.1. The van der Waals surface area contributed by atoms with E-state index in [9.17, 15) is 0 Å². The highest BCUT2D eigenvalue weighted by atomic mass is 79.9. The molecule has 6 nitrogen and oxygen atoms in total. The smallest absolute Gasteiger partial charge is 0.212 e. The SMILES string of the molecule is COc1ccc(C2=Nn3c(nnc3-c3ccccc3Br)SC2)cc1OC. The van der Waals surface area contributed by atoms with Gasteiger partial charge in [0.05, 0.1) is 19.9 Å². The van der Waals surface area contributed by atoms with Gasteiger partial charge in [0.1, 0.15) is 0 Å². The lowest BCUT2D eigenvalue weighted by molar-refractivity contribution is 0.355. The van der Waals surface area contributed by atoms with E-state index in [1.54, 1.807) is 30.7 Å². The van der Waals surface area contributed by atoms with Crippen molar-refractivity contribution in [3.63, 3.8) is 0 Å². The topological polar surface area (TPSA) is 61.5 Å². The van der Waals surface area contributed by atoms with Gasteiger partial charge in [-0.2, -0.15) is 9.78 Å². The summed E-state index contributed by atoms with van der Waals surface area (Å²) in [6, 6.07) is 13.7. The van der Waals surface area contributed by atoms with E-state index in [1.807, 2.05) is 42.5 Å². The maximum atomic E-state index is 5.41. The minimum atomic E-state index is 0.679. The average Bonchev–Trinajstić information content (AvgIpc) is 3.10. The molecule has 0 spiro atoms. The van der Waals surface area contributed by atoms with Gasteiger partial charge in [0.15, 0.2) is 17.3 Å².